The van der Waals surface area contributed by atoms with Crippen molar-refractivity contribution in [3.8, 4) is 11.5 Å². The Morgan fingerprint density at radius 3 is 2.33 bits per heavy atom. The van der Waals surface area contributed by atoms with Crippen LogP contribution in [0.1, 0.15) is 25.7 Å². The summed E-state index contributed by atoms with van der Waals surface area (Å²) in [6.45, 7) is 5.52. The van der Waals surface area contributed by atoms with Crippen molar-refractivity contribution in [2.45, 2.75) is 24.7 Å². The van der Waals surface area contributed by atoms with Gasteiger partial charge in [0.15, 0.2) is 0 Å². The summed E-state index contributed by atoms with van der Waals surface area (Å²) >= 11 is 0. The molecule has 1 aromatic carbocycles. The van der Waals surface area contributed by atoms with Gasteiger partial charge in [0.2, 0.25) is 15.9 Å². The number of hydrogen-bond acceptors (Lipinski definition) is 8. The van der Waals surface area contributed by atoms with Gasteiger partial charge in [-0.15, -0.1) is 5.10 Å². The number of methoxy groups -OCH3 is 2. The van der Waals surface area contributed by atoms with Crippen LogP contribution in [0, 0.1) is 0 Å². The fourth-order valence-electron chi connectivity index (χ4n) is 2.83. The Kier molecular flexibility index (Phi) is 5.56. The fourth-order valence-corrected chi connectivity index (χ4v) is 4.39. The summed E-state index contributed by atoms with van der Waals surface area (Å²) in [6.07, 6.45) is 0. The van der Waals surface area contributed by atoms with E-state index >= 15 is 0 Å². The molecule has 1 saturated heterocycles. The monoisotopic (exact) mass is 396 g/mol. The SMILES string of the molecule is COc1ccc(S(=O)(=O)N2CCN(c3nnc(C(C)C)o3)CC2)c(OC)c1. The molecule has 0 saturated carbocycles. The lowest BCUT2D eigenvalue weighted by Crippen LogP contribution is -2.48. The quantitative estimate of drug-likeness (QED) is 0.728. The molecule has 0 amide bonds. The maximum Gasteiger partial charge on any atom is 0.318 e. The molecule has 0 bridgehead atoms. The van der Waals surface area contributed by atoms with Gasteiger partial charge in [0, 0.05) is 38.2 Å². The first-order valence-corrected chi connectivity index (χ1v) is 10.1. The van der Waals surface area contributed by atoms with Crippen LogP contribution in [-0.4, -0.2) is 63.3 Å². The van der Waals surface area contributed by atoms with Gasteiger partial charge in [0.1, 0.15) is 16.4 Å². The molecule has 3 rings (SSSR count). The number of sulfonamides is 1. The molecule has 0 unspecified atom stereocenters. The van der Waals surface area contributed by atoms with Crippen LogP contribution < -0.4 is 14.4 Å². The maximum absolute atomic E-state index is 13.0. The summed E-state index contributed by atoms with van der Waals surface area (Å²) in [7, 11) is -0.728. The van der Waals surface area contributed by atoms with E-state index in [0.717, 1.165) is 0 Å². The van der Waals surface area contributed by atoms with Gasteiger partial charge in [-0.3, -0.25) is 0 Å². The molecule has 2 heterocycles. The third-order valence-electron chi connectivity index (χ3n) is 4.42. The number of rotatable bonds is 6. The summed E-state index contributed by atoms with van der Waals surface area (Å²) in [5.74, 6) is 1.52. The third kappa shape index (κ3) is 3.86. The molecule has 1 aliphatic heterocycles. The van der Waals surface area contributed by atoms with Crippen LogP contribution in [0.4, 0.5) is 6.01 Å². The molecule has 0 aliphatic carbocycles. The average Bonchev–Trinajstić information content (AvgIpc) is 3.18. The summed E-state index contributed by atoms with van der Waals surface area (Å²) < 4.78 is 43.6. The topological polar surface area (TPSA) is 98.0 Å². The highest BCUT2D eigenvalue weighted by molar-refractivity contribution is 7.89. The molecule has 1 aliphatic rings. The van der Waals surface area contributed by atoms with E-state index < -0.39 is 10.0 Å². The Bertz CT molecular complexity index is 888. The zero-order chi connectivity index (χ0) is 19.6. The Hall–Kier alpha value is -2.33. The predicted molar refractivity (Wildman–Crippen MR) is 98.9 cm³/mol. The van der Waals surface area contributed by atoms with Crippen molar-refractivity contribution >= 4 is 16.0 Å². The first-order valence-electron chi connectivity index (χ1n) is 8.67. The summed E-state index contributed by atoms with van der Waals surface area (Å²) in [4.78, 5) is 2.02. The first-order chi connectivity index (χ1) is 12.9. The highest BCUT2D eigenvalue weighted by Crippen LogP contribution is 2.31. The van der Waals surface area contributed by atoms with Gasteiger partial charge in [0.25, 0.3) is 0 Å². The number of nitrogens with zero attached hydrogens (tertiary/aromatic N) is 4. The van der Waals surface area contributed by atoms with Crippen LogP contribution in [0.5, 0.6) is 11.5 Å². The van der Waals surface area contributed by atoms with Crippen molar-refractivity contribution in [3.05, 3.63) is 24.1 Å². The van der Waals surface area contributed by atoms with Gasteiger partial charge in [0.05, 0.1) is 14.2 Å². The van der Waals surface area contributed by atoms with E-state index in [2.05, 4.69) is 10.2 Å². The molecule has 0 radical (unpaired) electrons. The van der Waals surface area contributed by atoms with E-state index in [4.69, 9.17) is 13.9 Å². The van der Waals surface area contributed by atoms with Crippen LogP contribution in [0.15, 0.2) is 27.5 Å². The number of piperazine rings is 1. The van der Waals surface area contributed by atoms with E-state index in [1.54, 1.807) is 12.1 Å². The van der Waals surface area contributed by atoms with Crippen LogP contribution in [0.25, 0.3) is 0 Å². The van der Waals surface area contributed by atoms with Crippen molar-refractivity contribution in [2.24, 2.45) is 0 Å². The van der Waals surface area contributed by atoms with E-state index in [0.29, 0.717) is 43.8 Å². The molecule has 9 nitrogen and oxygen atoms in total. The van der Waals surface area contributed by atoms with E-state index in [9.17, 15) is 8.42 Å². The van der Waals surface area contributed by atoms with Crippen LogP contribution in [-0.2, 0) is 10.0 Å². The smallest absolute Gasteiger partial charge is 0.318 e. The van der Waals surface area contributed by atoms with E-state index in [1.807, 2.05) is 18.7 Å². The first kappa shape index (κ1) is 19.4. The minimum Gasteiger partial charge on any atom is -0.497 e. The van der Waals surface area contributed by atoms with Gasteiger partial charge < -0.3 is 18.8 Å². The molecular weight excluding hydrogens is 372 g/mol. The molecular formula is C17H24N4O5S. The molecule has 27 heavy (non-hydrogen) atoms. The second kappa shape index (κ2) is 7.73. The second-order valence-electron chi connectivity index (χ2n) is 6.49. The number of aromatic nitrogens is 2. The second-order valence-corrected chi connectivity index (χ2v) is 8.39. The number of ether oxygens (including phenoxy) is 2. The highest BCUT2D eigenvalue weighted by atomic mass is 32.2. The molecule has 2 aromatic rings. The van der Waals surface area contributed by atoms with Crippen LogP contribution >= 0.6 is 0 Å². The summed E-state index contributed by atoms with van der Waals surface area (Å²) in [5, 5.41) is 8.09. The van der Waals surface area contributed by atoms with Gasteiger partial charge in [-0.2, -0.15) is 4.31 Å². The molecule has 0 N–H and O–H groups in total. The number of benzene rings is 1. The molecule has 0 spiro atoms. The summed E-state index contributed by atoms with van der Waals surface area (Å²) in [5.41, 5.74) is 0. The zero-order valence-electron chi connectivity index (χ0n) is 15.9. The molecule has 10 heteroatoms. The Labute approximate surface area is 158 Å². The predicted octanol–water partition coefficient (Wildman–Crippen LogP) is 1.72. The highest BCUT2D eigenvalue weighted by Gasteiger charge is 2.32. The normalized spacial score (nSPS) is 16.0. The Morgan fingerprint density at radius 1 is 1.07 bits per heavy atom. The lowest BCUT2D eigenvalue weighted by Gasteiger charge is -2.33. The number of hydrogen-bond donors (Lipinski definition) is 0. The van der Waals surface area contributed by atoms with Crippen LogP contribution in [0.2, 0.25) is 0 Å². The minimum atomic E-state index is -3.68. The van der Waals surface area contributed by atoms with Crippen molar-refractivity contribution in [1.82, 2.24) is 14.5 Å². The largest absolute Gasteiger partial charge is 0.497 e. The van der Waals surface area contributed by atoms with Gasteiger partial charge >= 0.3 is 6.01 Å². The standard InChI is InChI=1S/C17H24N4O5S/c1-12(2)16-18-19-17(26-16)20-7-9-21(10-8-20)27(22,23)15-6-5-13(24-3)11-14(15)25-4/h5-6,11-12H,7-10H2,1-4H3. The minimum absolute atomic E-state index is 0.124. The van der Waals surface area contributed by atoms with Gasteiger partial charge in [-0.05, 0) is 12.1 Å². The molecule has 1 fully saturated rings. The third-order valence-corrected chi connectivity index (χ3v) is 6.36. The lowest BCUT2D eigenvalue weighted by atomic mass is 10.2. The Morgan fingerprint density at radius 2 is 1.78 bits per heavy atom. The molecule has 0 atom stereocenters. The van der Waals surface area contributed by atoms with Gasteiger partial charge in [-0.1, -0.05) is 18.9 Å². The molecule has 1 aromatic heterocycles. The van der Waals surface area contributed by atoms with Crippen molar-refractivity contribution in [1.29, 1.82) is 0 Å². The maximum atomic E-state index is 13.0. The zero-order valence-corrected chi connectivity index (χ0v) is 16.7. The van der Waals surface area contributed by atoms with Crippen molar-refractivity contribution in [3.63, 3.8) is 0 Å². The fraction of sp³-hybridized carbons (Fsp3) is 0.529. The number of anilines is 1. The van der Waals surface area contributed by atoms with E-state index in [-0.39, 0.29) is 16.6 Å². The molecule has 148 valence electrons. The van der Waals surface area contributed by atoms with E-state index in [1.165, 1.54) is 24.6 Å². The van der Waals surface area contributed by atoms with Gasteiger partial charge in [-0.25, -0.2) is 8.42 Å². The Balaban J connectivity index is 1.74. The lowest BCUT2D eigenvalue weighted by molar-refractivity contribution is 0.359. The van der Waals surface area contributed by atoms with Crippen molar-refractivity contribution in [2.75, 3.05) is 45.3 Å². The summed E-state index contributed by atoms with van der Waals surface area (Å²) in [6, 6.07) is 5.11. The average molecular weight is 396 g/mol. The van der Waals surface area contributed by atoms with Crippen molar-refractivity contribution < 1.29 is 22.3 Å². The van der Waals surface area contributed by atoms with Crippen LogP contribution in [0.3, 0.4) is 0 Å².